The lowest BCUT2D eigenvalue weighted by molar-refractivity contribution is -0.115. The number of carbonyl (C=O) groups is 1. The van der Waals surface area contributed by atoms with E-state index < -0.39 is 0 Å². The summed E-state index contributed by atoms with van der Waals surface area (Å²) < 4.78 is 0. The fraction of sp³-hybridized carbons (Fsp3) is 0.167. The molecule has 24 heavy (non-hydrogen) atoms. The Hall–Kier alpha value is -2.18. The molecule has 1 atom stereocenters. The number of amides is 1. The lowest BCUT2D eigenvalue weighted by Crippen LogP contribution is -2.18. The van der Waals surface area contributed by atoms with E-state index in [0.717, 1.165) is 21.9 Å². The molecule has 1 amide bonds. The predicted molar refractivity (Wildman–Crippen MR) is 99.4 cm³/mol. The number of nitrogens with zero attached hydrogens (tertiary/aromatic N) is 2. The molecule has 0 aliphatic carbocycles. The van der Waals surface area contributed by atoms with Gasteiger partial charge in [0, 0.05) is 4.90 Å². The van der Waals surface area contributed by atoms with Crippen molar-refractivity contribution in [3.05, 3.63) is 71.2 Å². The number of rotatable bonds is 6. The van der Waals surface area contributed by atoms with Crippen LogP contribution in [0.25, 0.3) is 0 Å². The van der Waals surface area contributed by atoms with Gasteiger partial charge >= 0.3 is 0 Å². The highest BCUT2D eigenvalue weighted by Crippen LogP contribution is 2.36. The summed E-state index contributed by atoms with van der Waals surface area (Å²) in [6.45, 7) is 2.02. The van der Waals surface area contributed by atoms with Gasteiger partial charge in [0.1, 0.15) is 10.3 Å². The Morgan fingerprint density at radius 1 is 1.08 bits per heavy atom. The first-order valence-electron chi connectivity index (χ1n) is 7.66. The second-order valence-electron chi connectivity index (χ2n) is 5.07. The third-order valence-electron chi connectivity index (χ3n) is 3.34. The van der Waals surface area contributed by atoms with Crippen LogP contribution in [0.5, 0.6) is 0 Å². The quantitative estimate of drug-likeness (QED) is 0.658. The van der Waals surface area contributed by atoms with Crippen molar-refractivity contribution in [2.45, 2.75) is 23.5 Å². The van der Waals surface area contributed by atoms with Gasteiger partial charge in [0.2, 0.25) is 11.0 Å². The second-order valence-corrected chi connectivity index (χ2v) is 7.31. The molecule has 0 fully saturated rings. The highest BCUT2D eigenvalue weighted by Gasteiger charge is 2.23. The summed E-state index contributed by atoms with van der Waals surface area (Å²) in [6.07, 6.45) is 0.814. The van der Waals surface area contributed by atoms with Gasteiger partial charge in [-0.05, 0) is 24.1 Å². The standard InChI is InChI=1S/C18H17N3OS2/c1-2-15-20-21-18(24-15)19-17(22)16(13-9-5-3-6-10-13)23-14-11-7-4-8-12-14/h3-12,16H,2H2,1H3,(H,19,21,22). The molecule has 0 bridgehead atoms. The molecule has 0 spiro atoms. The molecule has 6 heteroatoms. The van der Waals surface area contributed by atoms with Crippen LogP contribution in [0.4, 0.5) is 5.13 Å². The van der Waals surface area contributed by atoms with Crippen molar-refractivity contribution in [3.8, 4) is 0 Å². The lowest BCUT2D eigenvalue weighted by Gasteiger charge is -2.16. The van der Waals surface area contributed by atoms with Crippen LogP contribution < -0.4 is 5.32 Å². The Balaban J connectivity index is 1.82. The molecule has 3 rings (SSSR count). The highest BCUT2D eigenvalue weighted by molar-refractivity contribution is 8.00. The molecule has 0 saturated carbocycles. The average molecular weight is 355 g/mol. The molecular formula is C18H17N3OS2. The summed E-state index contributed by atoms with van der Waals surface area (Å²) in [5, 5.41) is 12.1. The smallest absolute Gasteiger partial charge is 0.244 e. The first kappa shape index (κ1) is 16.7. The summed E-state index contributed by atoms with van der Waals surface area (Å²) in [6, 6.07) is 19.7. The van der Waals surface area contributed by atoms with Crippen LogP contribution in [0, 0.1) is 0 Å². The SMILES string of the molecule is CCc1nnc(NC(=O)C(Sc2ccccc2)c2ccccc2)s1. The van der Waals surface area contributed by atoms with E-state index in [2.05, 4.69) is 15.5 Å². The molecule has 0 radical (unpaired) electrons. The fourth-order valence-corrected chi connectivity index (χ4v) is 3.88. The van der Waals surface area contributed by atoms with E-state index in [4.69, 9.17) is 0 Å². The Morgan fingerprint density at radius 3 is 2.38 bits per heavy atom. The van der Waals surface area contributed by atoms with Crippen molar-refractivity contribution >= 4 is 34.1 Å². The van der Waals surface area contributed by atoms with E-state index in [0.29, 0.717) is 5.13 Å². The number of aryl methyl sites for hydroxylation is 1. The molecule has 2 aromatic carbocycles. The normalized spacial score (nSPS) is 11.9. The fourth-order valence-electron chi connectivity index (χ4n) is 2.15. The maximum atomic E-state index is 12.8. The van der Waals surface area contributed by atoms with E-state index in [-0.39, 0.29) is 11.2 Å². The zero-order chi connectivity index (χ0) is 16.8. The Bertz CT molecular complexity index is 790. The molecule has 122 valence electrons. The predicted octanol–water partition coefficient (Wildman–Crippen LogP) is 4.57. The lowest BCUT2D eigenvalue weighted by atomic mass is 10.1. The van der Waals surface area contributed by atoms with Gasteiger partial charge in [0.15, 0.2) is 0 Å². The largest absolute Gasteiger partial charge is 0.299 e. The van der Waals surface area contributed by atoms with Gasteiger partial charge < -0.3 is 0 Å². The number of thioether (sulfide) groups is 1. The van der Waals surface area contributed by atoms with Crippen LogP contribution >= 0.6 is 23.1 Å². The van der Waals surface area contributed by atoms with Gasteiger partial charge in [0.05, 0.1) is 0 Å². The highest BCUT2D eigenvalue weighted by atomic mass is 32.2. The number of anilines is 1. The topological polar surface area (TPSA) is 54.9 Å². The van der Waals surface area contributed by atoms with Gasteiger partial charge in [-0.15, -0.1) is 22.0 Å². The van der Waals surface area contributed by atoms with E-state index in [1.165, 1.54) is 23.1 Å². The van der Waals surface area contributed by atoms with E-state index in [1.807, 2.05) is 67.6 Å². The maximum absolute atomic E-state index is 12.8. The minimum absolute atomic E-state index is 0.0890. The molecule has 0 saturated heterocycles. The van der Waals surface area contributed by atoms with Gasteiger partial charge in [0.25, 0.3) is 0 Å². The van der Waals surface area contributed by atoms with Crippen molar-refractivity contribution in [1.82, 2.24) is 10.2 Å². The molecule has 0 aliphatic heterocycles. The van der Waals surface area contributed by atoms with Gasteiger partial charge in [-0.3, -0.25) is 10.1 Å². The Morgan fingerprint density at radius 2 is 1.75 bits per heavy atom. The number of hydrogen-bond acceptors (Lipinski definition) is 5. The number of carbonyl (C=O) groups excluding carboxylic acids is 1. The van der Waals surface area contributed by atoms with Crippen molar-refractivity contribution in [2.75, 3.05) is 5.32 Å². The molecule has 3 aromatic rings. The minimum atomic E-state index is -0.345. The summed E-state index contributed by atoms with van der Waals surface area (Å²) in [7, 11) is 0. The van der Waals surface area contributed by atoms with Crippen LogP contribution in [0.2, 0.25) is 0 Å². The number of aromatic nitrogens is 2. The molecular weight excluding hydrogens is 338 g/mol. The van der Waals surface area contributed by atoms with Crippen LogP contribution in [0.15, 0.2) is 65.6 Å². The summed E-state index contributed by atoms with van der Waals surface area (Å²) >= 11 is 2.94. The van der Waals surface area contributed by atoms with Crippen molar-refractivity contribution in [2.24, 2.45) is 0 Å². The van der Waals surface area contributed by atoms with Gasteiger partial charge in [-0.1, -0.05) is 66.8 Å². The Kier molecular flexibility index (Phi) is 5.61. The first-order valence-corrected chi connectivity index (χ1v) is 9.35. The van der Waals surface area contributed by atoms with Crippen LogP contribution in [-0.2, 0) is 11.2 Å². The number of benzene rings is 2. The molecule has 1 heterocycles. The number of hydrogen-bond donors (Lipinski definition) is 1. The van der Waals surface area contributed by atoms with Crippen LogP contribution in [-0.4, -0.2) is 16.1 Å². The maximum Gasteiger partial charge on any atom is 0.244 e. The molecule has 1 aromatic heterocycles. The minimum Gasteiger partial charge on any atom is -0.299 e. The van der Waals surface area contributed by atoms with E-state index in [9.17, 15) is 4.79 Å². The van der Waals surface area contributed by atoms with Crippen LogP contribution in [0.1, 0.15) is 22.7 Å². The van der Waals surface area contributed by atoms with Crippen molar-refractivity contribution < 1.29 is 4.79 Å². The zero-order valence-corrected chi connectivity index (χ0v) is 14.8. The molecule has 1 N–H and O–H groups in total. The average Bonchev–Trinajstić information content (AvgIpc) is 3.09. The second kappa shape index (κ2) is 8.08. The summed E-state index contributed by atoms with van der Waals surface area (Å²) in [4.78, 5) is 13.9. The van der Waals surface area contributed by atoms with Gasteiger partial charge in [-0.2, -0.15) is 0 Å². The third kappa shape index (κ3) is 4.21. The molecule has 0 aliphatic rings. The van der Waals surface area contributed by atoms with Crippen molar-refractivity contribution in [3.63, 3.8) is 0 Å². The Labute approximate surface area is 149 Å². The molecule has 1 unspecified atom stereocenters. The van der Waals surface area contributed by atoms with Gasteiger partial charge in [-0.25, -0.2) is 0 Å². The van der Waals surface area contributed by atoms with E-state index in [1.54, 1.807) is 0 Å². The zero-order valence-electron chi connectivity index (χ0n) is 13.2. The summed E-state index contributed by atoms with van der Waals surface area (Å²) in [5.41, 5.74) is 0.962. The molecule has 4 nitrogen and oxygen atoms in total. The monoisotopic (exact) mass is 355 g/mol. The number of nitrogens with one attached hydrogen (secondary N) is 1. The van der Waals surface area contributed by atoms with E-state index >= 15 is 0 Å². The third-order valence-corrected chi connectivity index (χ3v) is 5.59. The van der Waals surface area contributed by atoms with Crippen LogP contribution in [0.3, 0.4) is 0 Å². The summed E-state index contributed by atoms with van der Waals surface area (Å²) in [5.74, 6) is -0.0890. The van der Waals surface area contributed by atoms with Crippen molar-refractivity contribution in [1.29, 1.82) is 0 Å². The first-order chi connectivity index (χ1) is 11.8.